The third-order valence-electron chi connectivity index (χ3n) is 3.72. The lowest BCUT2D eigenvalue weighted by Gasteiger charge is -2.39. The molecule has 3 rings (SSSR count). The quantitative estimate of drug-likeness (QED) is 0.595. The van der Waals surface area contributed by atoms with Crippen LogP contribution in [0.2, 0.25) is 0 Å². The zero-order chi connectivity index (χ0) is 15.2. The van der Waals surface area contributed by atoms with Crippen LogP contribution in [0, 0.1) is 0 Å². The summed E-state index contributed by atoms with van der Waals surface area (Å²) in [6.07, 6.45) is 0.132. The summed E-state index contributed by atoms with van der Waals surface area (Å²) in [5, 5.41) is 0.805. The van der Waals surface area contributed by atoms with E-state index in [0.717, 1.165) is 16.7 Å². The second-order valence-corrected chi connectivity index (χ2v) is 5.72. The third kappa shape index (κ3) is 2.39. The Balaban J connectivity index is 2.13. The van der Waals surface area contributed by atoms with E-state index in [0.29, 0.717) is 12.0 Å². The minimum absolute atomic E-state index is 0.341. The molecule has 110 valence electrons. The van der Waals surface area contributed by atoms with Gasteiger partial charge < -0.3 is 13.9 Å². The molecular weight excluding hydrogens is 272 g/mol. The first-order chi connectivity index (χ1) is 9.87. The normalized spacial score (nSPS) is 19.7. The highest BCUT2D eigenvalue weighted by molar-refractivity contribution is 5.83. The van der Waals surface area contributed by atoms with E-state index in [2.05, 4.69) is 0 Å². The number of rotatable bonds is 1. The fraction of sp³-hybridized carbons (Fsp3) is 0.375. The summed E-state index contributed by atoms with van der Waals surface area (Å²) in [5.41, 5.74) is 0.395. The van der Waals surface area contributed by atoms with Crippen LogP contribution in [0.3, 0.4) is 0 Å². The van der Waals surface area contributed by atoms with Crippen molar-refractivity contribution >= 4 is 16.9 Å². The Hall–Kier alpha value is -2.30. The summed E-state index contributed by atoms with van der Waals surface area (Å²) in [6, 6.07) is 6.60. The molecule has 0 radical (unpaired) electrons. The lowest BCUT2D eigenvalue weighted by atomic mass is 9.89. The number of ether oxygens (including phenoxy) is 2. The van der Waals surface area contributed by atoms with E-state index in [1.807, 2.05) is 13.8 Å². The molecule has 1 aliphatic rings. The van der Waals surface area contributed by atoms with Gasteiger partial charge in [0.15, 0.2) is 0 Å². The minimum Gasteiger partial charge on any atom is -0.484 e. The molecule has 0 spiro atoms. The number of hydrogen-bond acceptors (Lipinski definition) is 5. The molecule has 1 atom stereocenters. The maximum absolute atomic E-state index is 11.3. The van der Waals surface area contributed by atoms with E-state index >= 15 is 0 Å². The smallest absolute Gasteiger partial charge is 0.336 e. The molecule has 0 bridgehead atoms. The van der Waals surface area contributed by atoms with Crippen LogP contribution < -0.4 is 10.4 Å². The minimum atomic E-state index is -0.609. The second kappa shape index (κ2) is 4.62. The van der Waals surface area contributed by atoms with Crippen LogP contribution in [0.5, 0.6) is 5.75 Å². The van der Waals surface area contributed by atoms with Crippen molar-refractivity contribution in [2.45, 2.75) is 38.9 Å². The summed E-state index contributed by atoms with van der Waals surface area (Å²) < 4.78 is 16.5. The number of esters is 1. The highest BCUT2D eigenvalue weighted by atomic mass is 16.6. The number of fused-ring (bicyclic) bond motifs is 3. The van der Waals surface area contributed by atoms with E-state index in [-0.39, 0.29) is 12.1 Å². The summed E-state index contributed by atoms with van der Waals surface area (Å²) in [4.78, 5) is 22.6. The van der Waals surface area contributed by atoms with Gasteiger partial charge in [0, 0.05) is 30.4 Å². The van der Waals surface area contributed by atoms with Gasteiger partial charge in [0.25, 0.3) is 0 Å². The fourth-order valence-corrected chi connectivity index (χ4v) is 2.66. The monoisotopic (exact) mass is 288 g/mol. The van der Waals surface area contributed by atoms with Gasteiger partial charge >= 0.3 is 11.6 Å². The first-order valence-corrected chi connectivity index (χ1v) is 6.79. The second-order valence-electron chi connectivity index (χ2n) is 5.72. The number of carbonyl (C=O) groups is 1. The van der Waals surface area contributed by atoms with Crippen LogP contribution in [0.25, 0.3) is 11.0 Å². The van der Waals surface area contributed by atoms with E-state index in [1.54, 1.807) is 18.2 Å². The van der Waals surface area contributed by atoms with Gasteiger partial charge in [-0.25, -0.2) is 4.79 Å². The topological polar surface area (TPSA) is 65.7 Å². The van der Waals surface area contributed by atoms with Crippen LogP contribution >= 0.6 is 0 Å². The summed E-state index contributed by atoms with van der Waals surface area (Å²) in [7, 11) is 0. The SMILES string of the molecule is CC(=O)O[C@H]1Cc2c(ccc3oc(=O)ccc23)OC1(C)C. The molecule has 1 aromatic heterocycles. The molecule has 5 nitrogen and oxygen atoms in total. The van der Waals surface area contributed by atoms with Crippen molar-refractivity contribution in [3.8, 4) is 5.75 Å². The van der Waals surface area contributed by atoms with Crippen molar-refractivity contribution in [2.24, 2.45) is 0 Å². The maximum Gasteiger partial charge on any atom is 0.336 e. The molecule has 0 aliphatic carbocycles. The van der Waals surface area contributed by atoms with Crippen molar-refractivity contribution in [1.82, 2.24) is 0 Å². The molecule has 0 N–H and O–H groups in total. The Morgan fingerprint density at radius 3 is 2.76 bits per heavy atom. The molecule has 0 saturated carbocycles. The molecule has 2 heterocycles. The average molecular weight is 288 g/mol. The molecule has 0 amide bonds. The molecule has 2 aromatic rings. The molecule has 0 unspecified atom stereocenters. The molecule has 21 heavy (non-hydrogen) atoms. The standard InChI is InChI=1S/C16H16O5/c1-9(17)19-14-8-11-10-4-7-15(18)20-12(10)5-6-13(11)21-16(14,2)3/h4-7,14H,8H2,1-3H3/t14-/m0/s1. The third-order valence-corrected chi connectivity index (χ3v) is 3.72. The molecule has 5 heteroatoms. The highest BCUT2D eigenvalue weighted by Crippen LogP contribution is 2.38. The van der Waals surface area contributed by atoms with E-state index < -0.39 is 11.2 Å². The van der Waals surface area contributed by atoms with Gasteiger partial charge in [-0.1, -0.05) is 0 Å². The predicted octanol–water partition coefficient (Wildman–Crippen LogP) is 2.44. The van der Waals surface area contributed by atoms with E-state index in [4.69, 9.17) is 13.9 Å². The van der Waals surface area contributed by atoms with Crippen molar-refractivity contribution in [1.29, 1.82) is 0 Å². The van der Waals surface area contributed by atoms with Crippen LogP contribution in [-0.2, 0) is 16.0 Å². The zero-order valence-electron chi connectivity index (χ0n) is 12.1. The Bertz CT molecular complexity index is 772. The maximum atomic E-state index is 11.3. The van der Waals surface area contributed by atoms with Gasteiger partial charge in [0.05, 0.1) is 0 Å². The largest absolute Gasteiger partial charge is 0.484 e. The predicted molar refractivity (Wildman–Crippen MR) is 76.4 cm³/mol. The summed E-state index contributed by atoms with van der Waals surface area (Å²) in [6.45, 7) is 5.16. The summed E-state index contributed by atoms with van der Waals surface area (Å²) in [5.74, 6) is 0.386. The Morgan fingerprint density at radius 2 is 2.05 bits per heavy atom. The molecule has 0 fully saturated rings. The summed E-state index contributed by atoms with van der Waals surface area (Å²) >= 11 is 0. The molecule has 1 aliphatic heterocycles. The van der Waals surface area contributed by atoms with E-state index in [1.165, 1.54) is 13.0 Å². The van der Waals surface area contributed by atoms with Gasteiger partial charge in [0.1, 0.15) is 23.0 Å². The van der Waals surface area contributed by atoms with Crippen LogP contribution in [0.15, 0.2) is 33.5 Å². The molecular formula is C16H16O5. The fourth-order valence-electron chi connectivity index (χ4n) is 2.66. The van der Waals surface area contributed by atoms with Gasteiger partial charge in [-0.05, 0) is 32.0 Å². The number of carbonyl (C=O) groups excluding carboxylic acids is 1. The van der Waals surface area contributed by atoms with Crippen LogP contribution in [0.4, 0.5) is 0 Å². The van der Waals surface area contributed by atoms with Gasteiger partial charge in [-0.3, -0.25) is 4.79 Å². The molecule has 1 aromatic carbocycles. The zero-order valence-corrected chi connectivity index (χ0v) is 12.1. The lowest BCUT2D eigenvalue weighted by Crippen LogP contribution is -2.48. The lowest BCUT2D eigenvalue weighted by molar-refractivity contribution is -0.158. The van der Waals surface area contributed by atoms with Gasteiger partial charge in [0.2, 0.25) is 0 Å². The average Bonchev–Trinajstić information content (AvgIpc) is 2.38. The van der Waals surface area contributed by atoms with Gasteiger partial charge in [-0.2, -0.15) is 0 Å². The van der Waals surface area contributed by atoms with Crippen molar-refractivity contribution in [3.05, 3.63) is 40.2 Å². The highest BCUT2D eigenvalue weighted by Gasteiger charge is 2.40. The molecule has 0 saturated heterocycles. The van der Waals surface area contributed by atoms with E-state index in [9.17, 15) is 9.59 Å². The first-order valence-electron chi connectivity index (χ1n) is 6.79. The van der Waals surface area contributed by atoms with Crippen LogP contribution in [-0.4, -0.2) is 17.7 Å². The first kappa shape index (κ1) is 13.7. The number of benzene rings is 1. The number of hydrogen-bond donors (Lipinski definition) is 0. The Kier molecular flexibility index (Phi) is 3.01. The van der Waals surface area contributed by atoms with Crippen molar-refractivity contribution < 1.29 is 18.7 Å². The Labute approximate surface area is 121 Å². The van der Waals surface area contributed by atoms with Gasteiger partial charge in [-0.15, -0.1) is 0 Å². The van der Waals surface area contributed by atoms with Crippen LogP contribution in [0.1, 0.15) is 26.3 Å². The Morgan fingerprint density at radius 1 is 1.29 bits per heavy atom. The van der Waals surface area contributed by atoms with Crippen molar-refractivity contribution in [3.63, 3.8) is 0 Å². The van der Waals surface area contributed by atoms with Crippen molar-refractivity contribution in [2.75, 3.05) is 0 Å².